The molecule has 1 saturated heterocycles. The lowest BCUT2D eigenvalue weighted by Gasteiger charge is -2.35. The molecule has 0 spiro atoms. The van der Waals surface area contributed by atoms with Crippen LogP contribution < -0.4 is 10.6 Å². The van der Waals surface area contributed by atoms with Gasteiger partial charge in [-0.1, -0.05) is 0 Å². The Morgan fingerprint density at radius 2 is 2.10 bits per heavy atom. The molecule has 1 aromatic rings. The molecule has 0 saturated carbocycles. The molecule has 0 aliphatic carbocycles. The summed E-state index contributed by atoms with van der Waals surface area (Å²) < 4.78 is 40.4. The van der Waals surface area contributed by atoms with E-state index in [9.17, 15) is 13.2 Å². The highest BCUT2D eigenvalue weighted by Crippen LogP contribution is 2.36. The zero-order chi connectivity index (χ0) is 14.9. The maximum atomic E-state index is 12.9. The Balaban J connectivity index is 2.27. The summed E-state index contributed by atoms with van der Waals surface area (Å²) in [6, 6.07) is 0. The molecule has 1 aliphatic heterocycles. The Morgan fingerprint density at radius 3 is 2.70 bits per heavy atom. The smallest absolute Gasteiger partial charge is 0.356 e. The SMILES string of the molecule is Cc1nn(C)c(N2CCCC(C(F)(F)F)C2)c1CCN. The first-order valence-corrected chi connectivity index (χ1v) is 6.88. The van der Waals surface area contributed by atoms with Crippen molar-refractivity contribution in [2.45, 2.75) is 32.4 Å². The molecule has 1 unspecified atom stereocenters. The third kappa shape index (κ3) is 2.92. The topological polar surface area (TPSA) is 47.1 Å². The van der Waals surface area contributed by atoms with Gasteiger partial charge >= 0.3 is 6.18 Å². The molecule has 4 nitrogen and oxygen atoms in total. The van der Waals surface area contributed by atoms with Crippen LogP contribution in [0.25, 0.3) is 0 Å². The predicted octanol–water partition coefficient (Wildman–Crippen LogP) is 2.01. The summed E-state index contributed by atoms with van der Waals surface area (Å²) in [4.78, 5) is 1.81. The highest BCUT2D eigenvalue weighted by Gasteiger charge is 2.42. The Hall–Kier alpha value is -1.24. The molecular formula is C13H21F3N4. The Kier molecular flexibility index (Phi) is 4.27. The standard InChI is InChI=1S/C13H21F3N4/c1-9-11(5-6-17)12(19(2)18-9)20-7-3-4-10(8-20)13(14,15)16/h10H,3-8,17H2,1-2H3. The van der Waals surface area contributed by atoms with Crippen LogP contribution in [0.5, 0.6) is 0 Å². The number of rotatable bonds is 3. The highest BCUT2D eigenvalue weighted by atomic mass is 19.4. The van der Waals surface area contributed by atoms with Crippen LogP contribution in [-0.4, -0.2) is 35.6 Å². The van der Waals surface area contributed by atoms with E-state index in [4.69, 9.17) is 5.73 Å². The molecule has 0 bridgehead atoms. The molecule has 114 valence electrons. The molecular weight excluding hydrogens is 269 g/mol. The molecule has 20 heavy (non-hydrogen) atoms. The van der Waals surface area contributed by atoms with E-state index in [0.717, 1.165) is 17.1 Å². The Morgan fingerprint density at radius 1 is 1.40 bits per heavy atom. The molecule has 7 heteroatoms. The number of hydrogen-bond donors (Lipinski definition) is 1. The fourth-order valence-electron chi connectivity index (χ4n) is 2.96. The Bertz CT molecular complexity index is 467. The summed E-state index contributed by atoms with van der Waals surface area (Å²) in [7, 11) is 1.78. The lowest BCUT2D eigenvalue weighted by molar-refractivity contribution is -0.176. The summed E-state index contributed by atoms with van der Waals surface area (Å²) in [6.45, 7) is 3.00. The largest absolute Gasteiger partial charge is 0.393 e. The molecule has 1 atom stereocenters. The van der Waals surface area contributed by atoms with E-state index in [-0.39, 0.29) is 13.0 Å². The minimum absolute atomic E-state index is 0.0139. The van der Waals surface area contributed by atoms with Crippen molar-refractivity contribution in [2.24, 2.45) is 18.7 Å². The number of halogens is 3. The molecule has 2 rings (SSSR count). The van der Waals surface area contributed by atoms with Crippen LogP contribution in [0, 0.1) is 12.8 Å². The average molecular weight is 290 g/mol. The number of anilines is 1. The van der Waals surface area contributed by atoms with Crippen LogP contribution in [-0.2, 0) is 13.5 Å². The average Bonchev–Trinajstić information content (AvgIpc) is 2.64. The van der Waals surface area contributed by atoms with Crippen LogP contribution in [0.2, 0.25) is 0 Å². The Labute approximate surface area is 116 Å². The van der Waals surface area contributed by atoms with Crippen molar-refractivity contribution in [1.29, 1.82) is 0 Å². The van der Waals surface area contributed by atoms with Gasteiger partial charge in [-0.15, -0.1) is 0 Å². The van der Waals surface area contributed by atoms with Crippen molar-refractivity contribution in [3.05, 3.63) is 11.3 Å². The summed E-state index contributed by atoms with van der Waals surface area (Å²) in [5.41, 5.74) is 7.42. The maximum Gasteiger partial charge on any atom is 0.393 e. The summed E-state index contributed by atoms with van der Waals surface area (Å²) in [5.74, 6) is -0.459. The molecule has 1 aromatic heterocycles. The molecule has 1 fully saturated rings. The van der Waals surface area contributed by atoms with Crippen molar-refractivity contribution in [1.82, 2.24) is 9.78 Å². The number of piperidine rings is 1. The van der Waals surface area contributed by atoms with Crippen molar-refractivity contribution >= 4 is 5.82 Å². The van der Waals surface area contributed by atoms with Crippen LogP contribution in [0.15, 0.2) is 0 Å². The zero-order valence-electron chi connectivity index (χ0n) is 11.9. The summed E-state index contributed by atoms with van der Waals surface area (Å²) >= 11 is 0. The number of nitrogens with zero attached hydrogens (tertiary/aromatic N) is 3. The quantitative estimate of drug-likeness (QED) is 0.926. The van der Waals surface area contributed by atoms with Crippen LogP contribution in [0.3, 0.4) is 0 Å². The fourth-order valence-corrected chi connectivity index (χ4v) is 2.96. The van der Waals surface area contributed by atoms with Crippen LogP contribution in [0.4, 0.5) is 19.0 Å². The third-order valence-electron chi connectivity index (χ3n) is 3.89. The van der Waals surface area contributed by atoms with Gasteiger partial charge in [-0.05, 0) is 32.7 Å². The summed E-state index contributed by atoms with van der Waals surface area (Å²) in [5, 5.41) is 4.33. The van der Waals surface area contributed by atoms with E-state index in [2.05, 4.69) is 5.10 Å². The van der Waals surface area contributed by atoms with Gasteiger partial charge < -0.3 is 10.6 Å². The van der Waals surface area contributed by atoms with Gasteiger partial charge in [0.15, 0.2) is 0 Å². The minimum Gasteiger partial charge on any atom is -0.356 e. The van der Waals surface area contributed by atoms with Crippen molar-refractivity contribution < 1.29 is 13.2 Å². The van der Waals surface area contributed by atoms with E-state index in [1.165, 1.54) is 0 Å². The molecule has 1 aliphatic rings. The van der Waals surface area contributed by atoms with Crippen LogP contribution >= 0.6 is 0 Å². The van der Waals surface area contributed by atoms with Gasteiger partial charge in [0.1, 0.15) is 5.82 Å². The fraction of sp³-hybridized carbons (Fsp3) is 0.769. The molecule has 0 amide bonds. The zero-order valence-corrected chi connectivity index (χ0v) is 11.9. The third-order valence-corrected chi connectivity index (χ3v) is 3.89. The van der Waals surface area contributed by atoms with Crippen LogP contribution in [0.1, 0.15) is 24.1 Å². The van der Waals surface area contributed by atoms with E-state index in [1.54, 1.807) is 11.7 Å². The second-order valence-corrected chi connectivity index (χ2v) is 5.38. The molecule has 0 radical (unpaired) electrons. The normalized spacial score (nSPS) is 20.5. The first kappa shape index (κ1) is 15.2. The van der Waals surface area contributed by atoms with Gasteiger partial charge in [0.25, 0.3) is 0 Å². The second-order valence-electron chi connectivity index (χ2n) is 5.38. The van der Waals surface area contributed by atoms with E-state index < -0.39 is 12.1 Å². The van der Waals surface area contributed by atoms with Crippen molar-refractivity contribution in [3.63, 3.8) is 0 Å². The van der Waals surface area contributed by atoms with Gasteiger partial charge in [0, 0.05) is 25.7 Å². The monoisotopic (exact) mass is 290 g/mol. The maximum absolute atomic E-state index is 12.9. The second kappa shape index (κ2) is 5.63. The van der Waals surface area contributed by atoms with Crippen molar-refractivity contribution in [3.8, 4) is 0 Å². The predicted molar refractivity (Wildman–Crippen MR) is 71.7 cm³/mol. The van der Waals surface area contributed by atoms with Gasteiger partial charge in [-0.25, -0.2) is 0 Å². The van der Waals surface area contributed by atoms with Gasteiger partial charge in [0.2, 0.25) is 0 Å². The number of aromatic nitrogens is 2. The highest BCUT2D eigenvalue weighted by molar-refractivity contribution is 5.50. The lowest BCUT2D eigenvalue weighted by atomic mass is 9.97. The van der Waals surface area contributed by atoms with Gasteiger partial charge in [-0.2, -0.15) is 18.3 Å². The first-order valence-electron chi connectivity index (χ1n) is 6.88. The molecule has 0 aromatic carbocycles. The molecule has 2 N–H and O–H groups in total. The van der Waals surface area contributed by atoms with Crippen molar-refractivity contribution in [2.75, 3.05) is 24.5 Å². The van der Waals surface area contributed by atoms with E-state index in [1.807, 2.05) is 11.8 Å². The number of nitrogens with two attached hydrogens (primary N) is 1. The summed E-state index contributed by atoms with van der Waals surface area (Å²) in [6.07, 6.45) is -2.72. The lowest BCUT2D eigenvalue weighted by Crippen LogP contribution is -2.42. The van der Waals surface area contributed by atoms with E-state index in [0.29, 0.717) is 25.9 Å². The number of aryl methyl sites for hydroxylation is 2. The van der Waals surface area contributed by atoms with Gasteiger partial charge in [-0.3, -0.25) is 4.68 Å². The minimum atomic E-state index is -4.12. The molecule has 2 heterocycles. The van der Waals surface area contributed by atoms with Gasteiger partial charge in [0.05, 0.1) is 11.6 Å². The first-order chi connectivity index (χ1) is 9.34. The number of alkyl halides is 3. The number of hydrogen-bond acceptors (Lipinski definition) is 3. The van der Waals surface area contributed by atoms with E-state index >= 15 is 0 Å².